The molecular weight excluding hydrogens is 540 g/mol. The fourth-order valence-corrected chi connectivity index (χ4v) is 10.8. The molecule has 236 valence electrons. The van der Waals surface area contributed by atoms with Gasteiger partial charge in [0.05, 0.1) is 24.8 Å². The van der Waals surface area contributed by atoms with Crippen molar-refractivity contribution in [2.45, 2.75) is 99.5 Å². The number of ketones is 2. The lowest BCUT2D eigenvalue weighted by molar-refractivity contribution is -0.172. The molecule has 0 aromatic carbocycles. The van der Waals surface area contributed by atoms with Gasteiger partial charge in [0.25, 0.3) is 0 Å². The van der Waals surface area contributed by atoms with Crippen molar-refractivity contribution < 1.29 is 23.9 Å². The molecule has 3 saturated carbocycles. The van der Waals surface area contributed by atoms with E-state index in [-0.39, 0.29) is 63.1 Å². The lowest BCUT2D eigenvalue weighted by atomic mass is 9.34. The molecule has 7 nitrogen and oxygen atoms in total. The van der Waals surface area contributed by atoms with Crippen molar-refractivity contribution in [3.8, 4) is 6.07 Å². The minimum atomic E-state index is -0.676. The van der Waals surface area contributed by atoms with Gasteiger partial charge in [-0.1, -0.05) is 60.1 Å². The van der Waals surface area contributed by atoms with Crippen molar-refractivity contribution in [1.29, 1.82) is 5.26 Å². The molecule has 1 amide bonds. The van der Waals surface area contributed by atoms with Crippen LogP contribution in [0, 0.1) is 61.6 Å². The molecule has 0 heterocycles. The average molecular weight is 593 g/mol. The van der Waals surface area contributed by atoms with Crippen LogP contribution < -0.4 is 5.32 Å². The van der Waals surface area contributed by atoms with Gasteiger partial charge in [0, 0.05) is 36.4 Å². The third-order valence-corrected chi connectivity index (χ3v) is 13.7. The number of rotatable bonds is 6. The van der Waals surface area contributed by atoms with Gasteiger partial charge in [0.15, 0.2) is 11.6 Å². The molecular formula is C36H52N2O5. The van der Waals surface area contributed by atoms with E-state index in [0.29, 0.717) is 19.6 Å². The zero-order chi connectivity index (χ0) is 31.8. The number of amides is 1. The van der Waals surface area contributed by atoms with Gasteiger partial charge in [0.2, 0.25) is 5.91 Å². The molecule has 5 aliphatic carbocycles. The number of nitrogens with zero attached hydrogens (tertiary/aromatic N) is 1. The van der Waals surface area contributed by atoms with Gasteiger partial charge in [-0.3, -0.25) is 14.4 Å². The zero-order valence-electron chi connectivity index (χ0n) is 27.8. The standard InChI is InChI=1S/C36H52N2O5/c1-31(2)26-10-11-35(6)27(34(26,5)17-22(19-37)29(31)40)16-25(39)28-24-18-33(4,30(41)38-23(20-42-8)21-43-9)13-12-32(24,3)14-15-36(28,35)7/h16-17,23-24,26,28H,10-15,18,20-21H2,1-9H3,(H,38,41). The number of methoxy groups -OCH3 is 2. The summed E-state index contributed by atoms with van der Waals surface area (Å²) in [6, 6.07) is 1.97. The number of hydrogen-bond donors (Lipinski definition) is 1. The molecule has 0 aliphatic heterocycles. The highest BCUT2D eigenvalue weighted by Gasteiger charge is 2.69. The lowest BCUT2D eigenvalue weighted by Gasteiger charge is -2.69. The Hall–Kier alpha value is -2.30. The van der Waals surface area contributed by atoms with Gasteiger partial charge >= 0.3 is 0 Å². The van der Waals surface area contributed by atoms with Gasteiger partial charge < -0.3 is 14.8 Å². The van der Waals surface area contributed by atoms with Gasteiger partial charge in [-0.05, 0) is 79.1 Å². The van der Waals surface area contributed by atoms with Crippen LogP contribution in [0.2, 0.25) is 0 Å². The van der Waals surface area contributed by atoms with Crippen molar-refractivity contribution >= 4 is 17.5 Å². The van der Waals surface area contributed by atoms with Crippen LogP contribution in [0.25, 0.3) is 0 Å². The number of carbonyl (C=O) groups excluding carboxylic acids is 3. The zero-order valence-corrected chi connectivity index (χ0v) is 27.8. The fraction of sp³-hybridized carbons (Fsp3) is 0.778. The molecule has 8 unspecified atom stereocenters. The Morgan fingerprint density at radius 2 is 1.63 bits per heavy atom. The number of carbonyl (C=O) groups is 3. The largest absolute Gasteiger partial charge is 0.382 e. The van der Waals surface area contributed by atoms with E-state index < -0.39 is 16.2 Å². The number of nitriles is 1. The van der Waals surface area contributed by atoms with E-state index in [2.05, 4.69) is 46.0 Å². The molecule has 8 atom stereocenters. The van der Waals surface area contributed by atoms with Crippen LogP contribution in [-0.4, -0.2) is 50.9 Å². The molecule has 0 saturated heterocycles. The van der Waals surface area contributed by atoms with Gasteiger partial charge in [-0.25, -0.2) is 0 Å². The minimum absolute atomic E-state index is 0.00593. The molecule has 0 radical (unpaired) electrons. The van der Waals surface area contributed by atoms with Crippen molar-refractivity contribution in [3.63, 3.8) is 0 Å². The van der Waals surface area contributed by atoms with Crippen molar-refractivity contribution in [2.24, 2.45) is 50.2 Å². The maximum atomic E-state index is 14.6. The highest BCUT2D eigenvalue weighted by atomic mass is 16.5. The quantitative estimate of drug-likeness (QED) is 0.407. The van der Waals surface area contributed by atoms with Crippen LogP contribution in [0.1, 0.15) is 93.4 Å². The Balaban J connectivity index is 1.55. The second kappa shape index (κ2) is 10.4. The first-order valence-electron chi connectivity index (χ1n) is 16.2. The molecule has 0 aromatic heterocycles. The molecule has 3 fully saturated rings. The second-order valence-electron chi connectivity index (χ2n) is 16.4. The fourth-order valence-electron chi connectivity index (χ4n) is 10.8. The lowest BCUT2D eigenvalue weighted by Crippen LogP contribution is -2.65. The van der Waals surface area contributed by atoms with Gasteiger partial charge in [0.1, 0.15) is 6.07 Å². The second-order valence-corrected chi connectivity index (χ2v) is 16.4. The first-order valence-corrected chi connectivity index (χ1v) is 16.2. The Morgan fingerprint density at radius 1 is 1.00 bits per heavy atom. The van der Waals surface area contributed by atoms with Crippen LogP contribution >= 0.6 is 0 Å². The molecule has 5 rings (SSSR count). The van der Waals surface area contributed by atoms with Crippen LogP contribution in [0.3, 0.4) is 0 Å². The minimum Gasteiger partial charge on any atom is -0.382 e. The van der Waals surface area contributed by atoms with E-state index in [1.54, 1.807) is 14.2 Å². The average Bonchev–Trinajstić information content (AvgIpc) is 2.93. The summed E-state index contributed by atoms with van der Waals surface area (Å²) in [6.07, 6.45) is 9.97. The predicted octanol–water partition coefficient (Wildman–Crippen LogP) is 5.98. The molecule has 0 bridgehead atoms. The Kier molecular flexibility index (Phi) is 7.75. The third kappa shape index (κ3) is 4.44. The maximum Gasteiger partial charge on any atom is 0.226 e. The van der Waals surface area contributed by atoms with E-state index in [9.17, 15) is 19.6 Å². The van der Waals surface area contributed by atoms with Crippen LogP contribution in [0.4, 0.5) is 0 Å². The highest BCUT2D eigenvalue weighted by molar-refractivity contribution is 6.04. The predicted molar refractivity (Wildman–Crippen MR) is 165 cm³/mol. The highest BCUT2D eigenvalue weighted by Crippen LogP contribution is 2.74. The molecule has 43 heavy (non-hydrogen) atoms. The summed E-state index contributed by atoms with van der Waals surface area (Å²) in [5.41, 5.74) is -1.03. The summed E-state index contributed by atoms with van der Waals surface area (Å²) in [5, 5.41) is 13.1. The van der Waals surface area contributed by atoms with E-state index >= 15 is 0 Å². The number of fused-ring (bicyclic) bond motifs is 7. The summed E-state index contributed by atoms with van der Waals surface area (Å²) >= 11 is 0. The number of nitrogens with one attached hydrogen (secondary N) is 1. The van der Waals surface area contributed by atoms with Gasteiger partial charge in [-0.15, -0.1) is 0 Å². The molecule has 7 heteroatoms. The number of allylic oxidation sites excluding steroid dienone is 4. The number of ether oxygens (including phenoxy) is 2. The van der Waals surface area contributed by atoms with E-state index in [0.717, 1.165) is 44.1 Å². The van der Waals surface area contributed by atoms with E-state index in [1.165, 1.54) is 0 Å². The monoisotopic (exact) mass is 592 g/mol. The van der Waals surface area contributed by atoms with Crippen molar-refractivity contribution in [1.82, 2.24) is 5.32 Å². The SMILES string of the molecule is COCC(COC)NC(=O)C1(C)CCC2(C)CCC3(C)C(C(=O)C=C4C5(C)C=C(C#N)C(=O)C(C)(C)C5CCC43C)C2C1. The number of hydrogen-bond acceptors (Lipinski definition) is 6. The van der Waals surface area contributed by atoms with Crippen molar-refractivity contribution in [2.75, 3.05) is 27.4 Å². The van der Waals surface area contributed by atoms with E-state index in [4.69, 9.17) is 9.47 Å². The van der Waals surface area contributed by atoms with Crippen molar-refractivity contribution in [3.05, 3.63) is 23.3 Å². The smallest absolute Gasteiger partial charge is 0.226 e. The third-order valence-electron chi connectivity index (χ3n) is 13.7. The van der Waals surface area contributed by atoms with E-state index in [1.807, 2.05) is 26.0 Å². The summed E-state index contributed by atoms with van der Waals surface area (Å²) < 4.78 is 10.7. The first kappa shape index (κ1) is 32.1. The molecule has 1 N–H and O–H groups in total. The Labute approximate surface area is 258 Å². The Bertz CT molecular complexity index is 1320. The van der Waals surface area contributed by atoms with Crippen LogP contribution in [-0.2, 0) is 23.9 Å². The normalized spacial score (nSPS) is 43.3. The van der Waals surface area contributed by atoms with Crippen LogP contribution in [0.15, 0.2) is 23.3 Å². The Morgan fingerprint density at radius 3 is 2.23 bits per heavy atom. The number of Topliss-reactive ketones (excluding diaryl/α,β-unsaturated/α-hetero) is 1. The van der Waals surface area contributed by atoms with Gasteiger partial charge in [-0.2, -0.15) is 5.26 Å². The summed E-state index contributed by atoms with van der Waals surface area (Å²) in [6.45, 7) is 16.0. The molecule has 0 aromatic rings. The molecule has 5 aliphatic rings. The molecule has 0 spiro atoms. The summed E-state index contributed by atoms with van der Waals surface area (Å²) in [4.78, 5) is 41.7. The van der Waals surface area contributed by atoms with Crippen LogP contribution in [0.5, 0.6) is 0 Å². The summed E-state index contributed by atoms with van der Waals surface area (Å²) in [7, 11) is 3.25. The topological polar surface area (TPSA) is 105 Å². The summed E-state index contributed by atoms with van der Waals surface area (Å²) in [5.74, 6) is 0.0257. The first-order chi connectivity index (χ1) is 20.0. The maximum absolute atomic E-state index is 14.6.